The number of hydrogen-bond acceptors (Lipinski definition) is 8. The molecule has 0 spiro atoms. The second-order valence-electron chi connectivity index (χ2n) is 7.93. The molecule has 10 nitrogen and oxygen atoms in total. The molecule has 38 heavy (non-hydrogen) atoms. The zero-order valence-corrected chi connectivity index (χ0v) is 19.6. The molecule has 4 N–H and O–H groups in total. The van der Waals surface area contributed by atoms with Crippen LogP contribution in [0.1, 0.15) is 31.8 Å². The number of aromatic carboxylic acids is 2. The van der Waals surface area contributed by atoms with Gasteiger partial charge in [-0.05, 0) is 71.8 Å². The van der Waals surface area contributed by atoms with Gasteiger partial charge in [0.05, 0.1) is 22.5 Å². The number of carboxylic acid groups (broad SMARTS) is 2. The molecule has 188 valence electrons. The lowest BCUT2D eigenvalue weighted by atomic mass is 10.1. The molecule has 0 bridgehead atoms. The summed E-state index contributed by atoms with van der Waals surface area (Å²) in [7, 11) is 0. The second-order valence-corrected chi connectivity index (χ2v) is 7.93. The summed E-state index contributed by atoms with van der Waals surface area (Å²) in [5.41, 5.74) is 2.96. The summed E-state index contributed by atoms with van der Waals surface area (Å²) >= 11 is 0. The van der Waals surface area contributed by atoms with Gasteiger partial charge < -0.3 is 20.4 Å². The molecule has 0 aliphatic heterocycles. The van der Waals surface area contributed by atoms with Crippen LogP contribution in [0.3, 0.4) is 0 Å². The molecule has 4 aromatic carbocycles. The predicted molar refractivity (Wildman–Crippen MR) is 140 cm³/mol. The molecule has 0 unspecified atom stereocenters. The Morgan fingerprint density at radius 3 is 1.24 bits per heavy atom. The van der Waals surface area contributed by atoms with Gasteiger partial charge in [0.15, 0.2) is 0 Å². The number of rotatable bonds is 8. The molecule has 0 aliphatic rings. The van der Waals surface area contributed by atoms with Crippen molar-refractivity contribution in [2.75, 3.05) is 0 Å². The lowest BCUT2D eigenvalue weighted by Crippen LogP contribution is -1.94. The molecule has 0 heterocycles. The maximum absolute atomic E-state index is 11.1. The van der Waals surface area contributed by atoms with E-state index in [2.05, 4.69) is 20.5 Å². The monoisotopic (exact) mass is 508 g/mol. The largest absolute Gasteiger partial charge is 0.506 e. The van der Waals surface area contributed by atoms with Gasteiger partial charge in [-0.1, -0.05) is 36.4 Å². The van der Waals surface area contributed by atoms with E-state index in [0.29, 0.717) is 11.4 Å². The number of benzene rings is 4. The fraction of sp³-hybridized carbons (Fsp3) is 0. The van der Waals surface area contributed by atoms with Crippen LogP contribution in [0.2, 0.25) is 0 Å². The summed E-state index contributed by atoms with van der Waals surface area (Å²) in [4.78, 5) is 22.2. The lowest BCUT2D eigenvalue weighted by molar-refractivity contribution is 0.0686. The summed E-state index contributed by atoms with van der Waals surface area (Å²) in [6.45, 7) is 0. The van der Waals surface area contributed by atoms with Gasteiger partial charge in [0.1, 0.15) is 22.9 Å². The highest BCUT2D eigenvalue weighted by atomic mass is 16.4. The topological polar surface area (TPSA) is 164 Å². The highest BCUT2D eigenvalue weighted by Gasteiger charge is 2.08. The van der Waals surface area contributed by atoms with Crippen molar-refractivity contribution in [3.63, 3.8) is 0 Å². The van der Waals surface area contributed by atoms with Crippen molar-refractivity contribution in [1.29, 1.82) is 0 Å². The Morgan fingerprint density at radius 1 is 0.526 bits per heavy atom. The van der Waals surface area contributed by atoms with Crippen LogP contribution in [0.15, 0.2) is 105 Å². The van der Waals surface area contributed by atoms with Crippen LogP contribution in [0.25, 0.3) is 12.2 Å². The Bertz CT molecular complexity index is 1460. The van der Waals surface area contributed by atoms with Crippen molar-refractivity contribution >= 4 is 46.8 Å². The molecule has 0 aliphatic carbocycles. The predicted octanol–water partition coefficient (Wildman–Crippen LogP) is 7.50. The number of aromatic hydroxyl groups is 2. The van der Waals surface area contributed by atoms with Gasteiger partial charge in [-0.15, -0.1) is 10.2 Å². The van der Waals surface area contributed by atoms with Gasteiger partial charge in [0, 0.05) is 0 Å². The Hall–Kier alpha value is -5.64. The average molecular weight is 508 g/mol. The quantitative estimate of drug-likeness (QED) is 0.142. The van der Waals surface area contributed by atoms with E-state index in [-0.39, 0.29) is 34.0 Å². The van der Waals surface area contributed by atoms with Crippen LogP contribution in [-0.4, -0.2) is 32.4 Å². The number of nitrogens with zero attached hydrogens (tertiary/aromatic N) is 4. The van der Waals surface area contributed by atoms with Crippen LogP contribution < -0.4 is 0 Å². The van der Waals surface area contributed by atoms with Crippen LogP contribution in [0.5, 0.6) is 11.5 Å². The first-order valence-corrected chi connectivity index (χ1v) is 11.1. The summed E-state index contributed by atoms with van der Waals surface area (Å²) < 4.78 is 0. The van der Waals surface area contributed by atoms with Gasteiger partial charge >= 0.3 is 11.9 Å². The van der Waals surface area contributed by atoms with Crippen molar-refractivity contribution in [1.82, 2.24) is 0 Å². The fourth-order valence-corrected chi connectivity index (χ4v) is 3.19. The molecule has 4 rings (SSSR count). The van der Waals surface area contributed by atoms with Crippen molar-refractivity contribution in [3.8, 4) is 11.5 Å². The maximum atomic E-state index is 11.1. The molecule has 10 heteroatoms. The first kappa shape index (κ1) is 25.5. The Morgan fingerprint density at radius 2 is 0.895 bits per heavy atom. The van der Waals surface area contributed by atoms with E-state index in [9.17, 15) is 19.8 Å². The molecule has 0 amide bonds. The normalized spacial score (nSPS) is 11.5. The minimum absolute atomic E-state index is 0.00171. The molecule has 0 fully saturated rings. The summed E-state index contributed by atoms with van der Waals surface area (Å²) in [6, 6.07) is 21.8. The zero-order chi connectivity index (χ0) is 27.1. The number of phenols is 2. The molecule has 4 aromatic rings. The smallest absolute Gasteiger partial charge is 0.335 e. The zero-order valence-electron chi connectivity index (χ0n) is 19.6. The van der Waals surface area contributed by atoms with E-state index >= 15 is 0 Å². The number of carboxylic acids is 2. The average Bonchev–Trinajstić information content (AvgIpc) is 2.92. The summed E-state index contributed by atoms with van der Waals surface area (Å²) in [5.74, 6) is -2.59. The van der Waals surface area contributed by atoms with Gasteiger partial charge in [-0.25, -0.2) is 9.59 Å². The second kappa shape index (κ2) is 11.4. The third-order valence-electron chi connectivity index (χ3n) is 5.25. The third-order valence-corrected chi connectivity index (χ3v) is 5.25. The van der Waals surface area contributed by atoms with E-state index in [1.54, 1.807) is 24.3 Å². The minimum Gasteiger partial charge on any atom is -0.506 e. The van der Waals surface area contributed by atoms with Crippen LogP contribution in [0.4, 0.5) is 22.7 Å². The number of phenolic OH excluding ortho intramolecular Hbond substituents is 2. The molecule has 0 atom stereocenters. The Balaban J connectivity index is 1.39. The van der Waals surface area contributed by atoms with E-state index in [4.69, 9.17) is 10.2 Å². The number of carbonyl (C=O) groups is 2. The van der Waals surface area contributed by atoms with E-state index in [0.717, 1.165) is 11.1 Å². The molecule has 0 saturated heterocycles. The maximum Gasteiger partial charge on any atom is 0.335 e. The van der Waals surface area contributed by atoms with Crippen LogP contribution in [0, 0.1) is 0 Å². The number of azo groups is 2. The van der Waals surface area contributed by atoms with Crippen molar-refractivity contribution in [2.45, 2.75) is 0 Å². The standard InChI is InChI=1S/C28H20N4O6/c33-25-13-7-19(27(35)36)15-23(25)31-29-21-9-3-17(4-10-21)1-2-18-5-11-22(12-6-18)30-32-24-16-20(28(37)38)8-14-26(24)34/h1-16,33-34H,(H,35,36)(H,37,38)/b2-1+,31-29?,32-30?. The van der Waals surface area contributed by atoms with E-state index in [1.807, 2.05) is 36.4 Å². The third kappa shape index (κ3) is 6.52. The van der Waals surface area contributed by atoms with E-state index < -0.39 is 11.9 Å². The molecule has 0 radical (unpaired) electrons. The highest BCUT2D eigenvalue weighted by molar-refractivity contribution is 5.89. The SMILES string of the molecule is O=C(O)c1ccc(O)c(N=Nc2ccc(/C=C/c3ccc(N=Nc4cc(C(=O)O)ccc4O)cc3)cc2)c1. The lowest BCUT2D eigenvalue weighted by Gasteiger charge is -2.00. The Kier molecular flexibility index (Phi) is 7.63. The van der Waals surface area contributed by atoms with Gasteiger partial charge in [-0.2, -0.15) is 10.2 Å². The van der Waals surface area contributed by atoms with Crippen molar-refractivity contribution in [2.24, 2.45) is 20.5 Å². The summed E-state index contributed by atoms with van der Waals surface area (Å²) in [6.07, 6.45) is 3.80. The minimum atomic E-state index is -1.12. The van der Waals surface area contributed by atoms with Gasteiger partial charge in [0.2, 0.25) is 0 Å². The first-order valence-electron chi connectivity index (χ1n) is 11.1. The van der Waals surface area contributed by atoms with Gasteiger partial charge in [-0.3, -0.25) is 0 Å². The van der Waals surface area contributed by atoms with Crippen LogP contribution >= 0.6 is 0 Å². The molecule has 0 saturated carbocycles. The van der Waals surface area contributed by atoms with Crippen LogP contribution in [-0.2, 0) is 0 Å². The first-order chi connectivity index (χ1) is 18.3. The van der Waals surface area contributed by atoms with E-state index in [1.165, 1.54) is 36.4 Å². The molecule has 0 aromatic heterocycles. The van der Waals surface area contributed by atoms with Crippen molar-refractivity contribution in [3.05, 3.63) is 107 Å². The molecular formula is C28H20N4O6. The Labute approximate surface area is 216 Å². The number of hydrogen-bond donors (Lipinski definition) is 4. The highest BCUT2D eigenvalue weighted by Crippen LogP contribution is 2.30. The fourth-order valence-electron chi connectivity index (χ4n) is 3.19. The van der Waals surface area contributed by atoms with Gasteiger partial charge in [0.25, 0.3) is 0 Å². The summed E-state index contributed by atoms with van der Waals surface area (Å²) in [5, 5.41) is 53.8. The van der Waals surface area contributed by atoms with Crippen molar-refractivity contribution < 1.29 is 30.0 Å². The molecular weight excluding hydrogens is 488 g/mol.